The third kappa shape index (κ3) is 2.56. The molecule has 0 unspecified atom stereocenters. The molecule has 2 rings (SSSR count). The van der Waals surface area contributed by atoms with Crippen LogP contribution < -0.4 is 0 Å². The maximum absolute atomic E-state index is 12.6. The van der Waals surface area contributed by atoms with E-state index >= 15 is 0 Å². The monoisotopic (exact) mass is 300 g/mol. The number of carbonyl (C=O) groups is 1. The molecule has 0 aliphatic carbocycles. The largest absolute Gasteiger partial charge is 0.288 e. The number of hydrogen-bond donors (Lipinski definition) is 0. The highest BCUT2D eigenvalue weighted by Crippen LogP contribution is 2.30. The van der Waals surface area contributed by atoms with Gasteiger partial charge in [0.1, 0.15) is 11.1 Å². The minimum Gasteiger partial charge on any atom is -0.288 e. The first-order valence-corrected chi connectivity index (χ1v) is 6.37. The van der Waals surface area contributed by atoms with Crippen molar-refractivity contribution in [3.8, 4) is 0 Å². The molecule has 0 fully saturated rings. The van der Waals surface area contributed by atoms with E-state index in [1.165, 1.54) is 50.2 Å². The number of aryl methyl sites for hydroxylation is 2. The molecule has 0 saturated heterocycles. The number of benzene rings is 2. The molecule has 0 spiro atoms. The van der Waals surface area contributed by atoms with Crippen LogP contribution in [0.25, 0.3) is 0 Å². The lowest BCUT2D eigenvalue weighted by molar-refractivity contribution is -0.386. The normalized spacial score (nSPS) is 10.3. The van der Waals surface area contributed by atoms with E-state index < -0.39 is 15.6 Å². The molecular weight excluding hydrogens is 288 g/mol. The Balaban J connectivity index is 2.70. The van der Waals surface area contributed by atoms with Crippen LogP contribution in [-0.4, -0.2) is 15.6 Å². The molecule has 0 bridgehead atoms. The van der Waals surface area contributed by atoms with Crippen LogP contribution in [0.15, 0.2) is 36.4 Å². The first-order valence-electron chi connectivity index (χ1n) is 6.37. The Labute approximate surface area is 125 Å². The zero-order chi connectivity index (χ0) is 16.4. The number of rotatable bonds is 4. The number of carbonyl (C=O) groups excluding carboxylic acids is 1. The zero-order valence-electron chi connectivity index (χ0n) is 11.9. The van der Waals surface area contributed by atoms with Crippen LogP contribution in [0.5, 0.6) is 0 Å². The molecule has 22 heavy (non-hydrogen) atoms. The smallest absolute Gasteiger partial charge is 0.283 e. The summed E-state index contributed by atoms with van der Waals surface area (Å²) in [6.07, 6.45) is 0. The van der Waals surface area contributed by atoms with E-state index in [2.05, 4.69) is 0 Å². The van der Waals surface area contributed by atoms with Crippen molar-refractivity contribution in [1.82, 2.24) is 0 Å². The molecule has 0 radical (unpaired) electrons. The van der Waals surface area contributed by atoms with Gasteiger partial charge in [-0.25, -0.2) is 0 Å². The molecule has 0 atom stereocenters. The number of nitro groups is 2. The molecule has 0 aromatic heterocycles. The first kappa shape index (κ1) is 15.3. The highest BCUT2D eigenvalue weighted by Gasteiger charge is 2.29. The van der Waals surface area contributed by atoms with E-state index in [1.54, 1.807) is 0 Å². The molecule has 0 aliphatic rings. The maximum Gasteiger partial charge on any atom is 0.283 e. The fraction of sp³-hybridized carbons (Fsp3) is 0.133. The van der Waals surface area contributed by atoms with E-state index in [-0.39, 0.29) is 22.5 Å². The molecule has 0 amide bonds. The fourth-order valence-electron chi connectivity index (χ4n) is 2.31. The van der Waals surface area contributed by atoms with E-state index in [0.29, 0.717) is 11.1 Å². The lowest BCUT2D eigenvalue weighted by Gasteiger charge is -2.06. The minimum atomic E-state index is -0.731. The maximum atomic E-state index is 12.6. The summed E-state index contributed by atoms with van der Waals surface area (Å²) in [4.78, 5) is 33.7. The van der Waals surface area contributed by atoms with Gasteiger partial charge in [-0.3, -0.25) is 25.0 Å². The average Bonchev–Trinajstić information content (AvgIpc) is 2.45. The van der Waals surface area contributed by atoms with Crippen molar-refractivity contribution in [3.63, 3.8) is 0 Å². The summed E-state index contributed by atoms with van der Waals surface area (Å²) in [5.74, 6) is -0.731. The van der Waals surface area contributed by atoms with Crippen LogP contribution in [-0.2, 0) is 0 Å². The predicted molar refractivity (Wildman–Crippen MR) is 79.1 cm³/mol. The summed E-state index contributed by atoms with van der Waals surface area (Å²) in [5.41, 5.74) is -0.318. The molecule has 0 aliphatic heterocycles. The molecule has 112 valence electrons. The lowest BCUT2D eigenvalue weighted by atomic mass is 9.96. The van der Waals surface area contributed by atoms with Crippen LogP contribution in [0.4, 0.5) is 11.4 Å². The van der Waals surface area contributed by atoms with Gasteiger partial charge in [0.2, 0.25) is 5.78 Å². The molecule has 0 saturated carbocycles. The van der Waals surface area contributed by atoms with Gasteiger partial charge < -0.3 is 0 Å². The van der Waals surface area contributed by atoms with E-state index in [9.17, 15) is 25.0 Å². The third-order valence-electron chi connectivity index (χ3n) is 3.33. The van der Waals surface area contributed by atoms with Gasteiger partial charge in [-0.2, -0.15) is 0 Å². The third-order valence-corrected chi connectivity index (χ3v) is 3.33. The topological polar surface area (TPSA) is 103 Å². The van der Waals surface area contributed by atoms with Crippen molar-refractivity contribution in [2.45, 2.75) is 13.8 Å². The molecule has 0 N–H and O–H groups in total. The van der Waals surface area contributed by atoms with Crippen molar-refractivity contribution < 1.29 is 14.6 Å². The first-order chi connectivity index (χ1) is 10.3. The highest BCUT2D eigenvalue weighted by atomic mass is 16.6. The Morgan fingerprint density at radius 1 is 0.818 bits per heavy atom. The fourth-order valence-corrected chi connectivity index (χ4v) is 2.31. The van der Waals surface area contributed by atoms with Crippen molar-refractivity contribution in [3.05, 3.63) is 78.9 Å². The zero-order valence-corrected chi connectivity index (χ0v) is 11.9. The van der Waals surface area contributed by atoms with Gasteiger partial charge in [-0.1, -0.05) is 24.3 Å². The van der Waals surface area contributed by atoms with Gasteiger partial charge in [-0.15, -0.1) is 0 Å². The number of nitro benzene ring substituents is 2. The summed E-state index contributed by atoms with van der Waals surface area (Å²) < 4.78 is 0. The predicted octanol–water partition coefficient (Wildman–Crippen LogP) is 3.35. The summed E-state index contributed by atoms with van der Waals surface area (Å²) >= 11 is 0. The van der Waals surface area contributed by atoms with Gasteiger partial charge in [0.05, 0.1) is 9.85 Å². The van der Waals surface area contributed by atoms with Gasteiger partial charge in [0.15, 0.2) is 0 Å². The molecule has 7 nitrogen and oxygen atoms in total. The highest BCUT2D eigenvalue weighted by molar-refractivity contribution is 6.14. The lowest BCUT2D eigenvalue weighted by Crippen LogP contribution is -2.10. The summed E-state index contributed by atoms with van der Waals surface area (Å²) in [5, 5.41) is 22.4. The minimum absolute atomic E-state index is 0.154. The molecular formula is C15H12N2O5. The second-order valence-electron chi connectivity index (χ2n) is 4.79. The summed E-state index contributed by atoms with van der Waals surface area (Å²) in [6.45, 7) is 3.03. The van der Waals surface area contributed by atoms with Crippen molar-refractivity contribution in [2.24, 2.45) is 0 Å². The van der Waals surface area contributed by atoms with Crippen LogP contribution in [0.1, 0.15) is 27.0 Å². The molecule has 2 aromatic carbocycles. The second-order valence-corrected chi connectivity index (χ2v) is 4.79. The SMILES string of the molecule is Cc1cccc(C(=O)c2cccc(C)c2[N+](=O)[O-])c1[N+](=O)[O-]. The van der Waals surface area contributed by atoms with E-state index in [4.69, 9.17) is 0 Å². The number of nitrogens with zero attached hydrogens (tertiary/aromatic N) is 2. The Kier molecular flexibility index (Phi) is 3.98. The standard InChI is InChI=1S/C15H12N2O5/c1-9-5-3-7-11(13(9)16(19)20)15(18)12-8-4-6-10(2)14(12)17(21)22/h3-8H,1-2H3. The van der Waals surface area contributed by atoms with Gasteiger partial charge in [-0.05, 0) is 26.0 Å². The van der Waals surface area contributed by atoms with Gasteiger partial charge in [0.25, 0.3) is 11.4 Å². The van der Waals surface area contributed by atoms with Gasteiger partial charge >= 0.3 is 0 Å². The van der Waals surface area contributed by atoms with Gasteiger partial charge in [0, 0.05) is 11.1 Å². The summed E-state index contributed by atoms with van der Waals surface area (Å²) in [7, 11) is 0. The van der Waals surface area contributed by atoms with E-state index in [1.807, 2.05) is 0 Å². The van der Waals surface area contributed by atoms with Crippen molar-refractivity contribution >= 4 is 17.2 Å². The van der Waals surface area contributed by atoms with E-state index in [0.717, 1.165) is 0 Å². The molecule has 7 heteroatoms. The Morgan fingerprint density at radius 2 is 1.18 bits per heavy atom. The van der Waals surface area contributed by atoms with Crippen LogP contribution in [0.2, 0.25) is 0 Å². The Hall–Kier alpha value is -3.09. The molecule has 2 aromatic rings. The number of hydrogen-bond acceptors (Lipinski definition) is 5. The van der Waals surface area contributed by atoms with Crippen molar-refractivity contribution in [1.29, 1.82) is 0 Å². The van der Waals surface area contributed by atoms with Crippen LogP contribution in [0.3, 0.4) is 0 Å². The summed E-state index contributed by atoms with van der Waals surface area (Å²) in [6, 6.07) is 8.66. The van der Waals surface area contributed by atoms with Crippen LogP contribution in [0, 0.1) is 34.1 Å². The quantitative estimate of drug-likeness (QED) is 0.489. The Bertz CT molecular complexity index is 733. The number of para-hydroxylation sites is 2. The number of ketones is 1. The average molecular weight is 300 g/mol. The Morgan fingerprint density at radius 3 is 1.50 bits per heavy atom. The molecule has 0 heterocycles. The van der Waals surface area contributed by atoms with Crippen molar-refractivity contribution in [2.75, 3.05) is 0 Å². The second kappa shape index (κ2) is 5.72. The van der Waals surface area contributed by atoms with Crippen LogP contribution >= 0.6 is 0 Å².